The van der Waals surface area contributed by atoms with Gasteiger partial charge in [0.2, 0.25) is 10.0 Å². The molecule has 0 radical (unpaired) electrons. The van der Waals surface area contributed by atoms with Crippen LogP contribution in [0.3, 0.4) is 0 Å². The van der Waals surface area contributed by atoms with Crippen LogP contribution < -0.4 is 11.1 Å². The molecule has 2 fully saturated rings. The van der Waals surface area contributed by atoms with Crippen molar-refractivity contribution in [1.29, 1.82) is 0 Å². The monoisotopic (exact) mass is 387 g/mol. The van der Waals surface area contributed by atoms with Gasteiger partial charge in [0.05, 0.1) is 4.90 Å². The van der Waals surface area contributed by atoms with E-state index in [2.05, 4.69) is 5.32 Å². The van der Waals surface area contributed by atoms with Crippen molar-refractivity contribution in [2.45, 2.75) is 43.0 Å². The van der Waals surface area contributed by atoms with Crippen LogP contribution in [0, 0.1) is 5.92 Å². The average molecular weight is 388 g/mol. The number of nitrogens with one attached hydrogen (secondary N) is 1. The van der Waals surface area contributed by atoms with Crippen molar-refractivity contribution in [3.63, 3.8) is 0 Å². The molecule has 1 atom stereocenters. The highest BCUT2D eigenvalue weighted by atomic mass is 35.5. The van der Waals surface area contributed by atoms with Crippen molar-refractivity contribution in [2.24, 2.45) is 11.7 Å². The van der Waals surface area contributed by atoms with Crippen molar-refractivity contribution in [2.75, 3.05) is 19.6 Å². The quantitative estimate of drug-likeness (QED) is 0.777. The minimum Gasteiger partial charge on any atom is -0.348 e. The molecule has 1 unspecified atom stereocenters. The van der Waals surface area contributed by atoms with Crippen LogP contribution >= 0.6 is 12.4 Å². The predicted octanol–water partition coefficient (Wildman–Crippen LogP) is 1.75. The Hall–Kier alpha value is -1.15. The summed E-state index contributed by atoms with van der Waals surface area (Å²) in [7, 11) is -3.53. The number of nitrogens with zero attached hydrogens (tertiary/aromatic N) is 1. The Bertz CT molecular complexity index is 701. The number of rotatable bonds is 6. The third-order valence-electron chi connectivity index (χ3n) is 4.81. The number of halogens is 1. The second-order valence-corrected chi connectivity index (χ2v) is 8.58. The van der Waals surface area contributed by atoms with Gasteiger partial charge in [-0.2, -0.15) is 4.31 Å². The number of sulfonamides is 1. The molecule has 8 heteroatoms. The van der Waals surface area contributed by atoms with E-state index in [-0.39, 0.29) is 29.3 Å². The van der Waals surface area contributed by atoms with Crippen LogP contribution in [0.4, 0.5) is 0 Å². The summed E-state index contributed by atoms with van der Waals surface area (Å²) in [6.45, 7) is 1.51. The fourth-order valence-corrected chi connectivity index (χ4v) is 4.74. The molecule has 25 heavy (non-hydrogen) atoms. The Labute approximate surface area is 155 Å². The molecular formula is C17H26ClN3O3S. The molecule has 0 bridgehead atoms. The lowest BCUT2D eigenvalue weighted by atomic mass is 10.1. The van der Waals surface area contributed by atoms with Gasteiger partial charge in [0.1, 0.15) is 0 Å². The maximum atomic E-state index is 12.7. The fraction of sp³-hybridized carbons (Fsp3) is 0.588. The van der Waals surface area contributed by atoms with Crippen LogP contribution in [0.5, 0.6) is 0 Å². The summed E-state index contributed by atoms with van der Waals surface area (Å²) < 4.78 is 27.0. The van der Waals surface area contributed by atoms with Gasteiger partial charge in [0, 0.05) is 31.2 Å². The van der Waals surface area contributed by atoms with E-state index >= 15 is 0 Å². The Morgan fingerprint density at radius 2 is 1.92 bits per heavy atom. The lowest BCUT2D eigenvalue weighted by Crippen LogP contribution is -2.41. The first-order valence-electron chi connectivity index (χ1n) is 8.63. The summed E-state index contributed by atoms with van der Waals surface area (Å²) >= 11 is 0. The number of piperidine rings is 1. The van der Waals surface area contributed by atoms with Crippen LogP contribution in [0.1, 0.15) is 42.5 Å². The van der Waals surface area contributed by atoms with Crippen molar-refractivity contribution < 1.29 is 13.2 Å². The summed E-state index contributed by atoms with van der Waals surface area (Å²) in [4.78, 5) is 12.6. The number of nitrogens with two attached hydrogens (primary N) is 1. The number of carbonyl (C=O) groups excluding carboxylic acids is 1. The van der Waals surface area contributed by atoms with Crippen molar-refractivity contribution in [3.8, 4) is 0 Å². The zero-order valence-corrected chi connectivity index (χ0v) is 15.8. The molecule has 1 heterocycles. The van der Waals surface area contributed by atoms with E-state index in [4.69, 9.17) is 5.73 Å². The second-order valence-electron chi connectivity index (χ2n) is 6.65. The first-order chi connectivity index (χ1) is 11.5. The largest absolute Gasteiger partial charge is 0.348 e. The van der Waals surface area contributed by atoms with Crippen LogP contribution in [0.15, 0.2) is 29.2 Å². The molecule has 6 nitrogen and oxygen atoms in total. The smallest absolute Gasteiger partial charge is 0.251 e. The van der Waals surface area contributed by atoms with E-state index in [1.54, 1.807) is 18.2 Å². The van der Waals surface area contributed by atoms with Crippen molar-refractivity contribution >= 4 is 28.3 Å². The summed E-state index contributed by atoms with van der Waals surface area (Å²) in [6, 6.07) is 6.27. The van der Waals surface area contributed by atoms with Gasteiger partial charge in [-0.05, 0) is 49.8 Å². The van der Waals surface area contributed by atoms with Crippen molar-refractivity contribution in [3.05, 3.63) is 29.8 Å². The maximum Gasteiger partial charge on any atom is 0.251 e. The van der Waals surface area contributed by atoms with Crippen molar-refractivity contribution in [1.82, 2.24) is 9.62 Å². The third kappa shape index (κ3) is 4.73. The molecule has 2 aliphatic rings. The molecular weight excluding hydrogens is 362 g/mol. The lowest BCUT2D eigenvalue weighted by Gasteiger charge is -2.26. The van der Waals surface area contributed by atoms with E-state index in [1.807, 2.05) is 0 Å². The average Bonchev–Trinajstić information content (AvgIpc) is 3.45. The Morgan fingerprint density at radius 3 is 2.52 bits per heavy atom. The molecule has 1 aromatic carbocycles. The van der Waals surface area contributed by atoms with Crippen LogP contribution in [-0.2, 0) is 10.0 Å². The first-order valence-corrected chi connectivity index (χ1v) is 10.1. The van der Waals surface area contributed by atoms with Gasteiger partial charge in [0.25, 0.3) is 5.91 Å². The number of hydrogen-bond acceptors (Lipinski definition) is 4. The molecule has 1 aliphatic carbocycles. The molecule has 140 valence electrons. The minimum atomic E-state index is -3.53. The number of hydrogen-bond donors (Lipinski definition) is 2. The summed E-state index contributed by atoms with van der Waals surface area (Å²) in [5.74, 6) is 0.201. The van der Waals surface area contributed by atoms with Crippen LogP contribution in [0.25, 0.3) is 0 Å². The molecule has 1 amide bonds. The van der Waals surface area contributed by atoms with E-state index in [9.17, 15) is 13.2 Å². The number of carbonyl (C=O) groups is 1. The highest BCUT2D eigenvalue weighted by Crippen LogP contribution is 2.32. The third-order valence-corrected chi connectivity index (χ3v) is 6.71. The molecule has 1 saturated carbocycles. The normalized spacial score (nSPS) is 19.7. The summed E-state index contributed by atoms with van der Waals surface area (Å²) in [5, 5.41) is 2.93. The number of amides is 1. The van der Waals surface area contributed by atoms with E-state index < -0.39 is 10.0 Å². The molecule has 1 aromatic rings. The van der Waals surface area contributed by atoms with Gasteiger partial charge in [-0.15, -0.1) is 12.4 Å². The van der Waals surface area contributed by atoms with Gasteiger partial charge >= 0.3 is 0 Å². The molecule has 0 spiro atoms. The second kappa shape index (κ2) is 8.49. The van der Waals surface area contributed by atoms with Crippen LogP contribution in [-0.4, -0.2) is 44.3 Å². The zero-order valence-electron chi connectivity index (χ0n) is 14.2. The number of benzene rings is 1. The summed E-state index contributed by atoms with van der Waals surface area (Å²) in [5.41, 5.74) is 6.09. The molecule has 0 aromatic heterocycles. The predicted molar refractivity (Wildman–Crippen MR) is 99.3 cm³/mol. The highest BCUT2D eigenvalue weighted by Gasteiger charge is 2.32. The van der Waals surface area contributed by atoms with Gasteiger partial charge in [-0.1, -0.05) is 12.5 Å². The van der Waals surface area contributed by atoms with Gasteiger partial charge in [-0.25, -0.2) is 8.42 Å². The van der Waals surface area contributed by atoms with Gasteiger partial charge in [0.15, 0.2) is 0 Å². The summed E-state index contributed by atoms with van der Waals surface area (Å²) in [6.07, 6.45) is 5.02. The Morgan fingerprint density at radius 1 is 1.24 bits per heavy atom. The lowest BCUT2D eigenvalue weighted by molar-refractivity contribution is 0.0933. The highest BCUT2D eigenvalue weighted by molar-refractivity contribution is 7.89. The molecule has 3 N–H and O–H groups in total. The van der Waals surface area contributed by atoms with E-state index in [1.165, 1.54) is 10.4 Å². The topological polar surface area (TPSA) is 92.5 Å². The van der Waals surface area contributed by atoms with Crippen LogP contribution in [0.2, 0.25) is 0 Å². The molecule has 3 rings (SSSR count). The maximum absolute atomic E-state index is 12.7. The molecule has 1 saturated heterocycles. The van der Waals surface area contributed by atoms with E-state index in [0.29, 0.717) is 31.1 Å². The fourth-order valence-electron chi connectivity index (χ4n) is 3.17. The Balaban J connectivity index is 0.00000225. The SMILES string of the molecule is Cl.NCC(NC(=O)c1cccc(S(=O)(=O)N2CCCCC2)c1)C1CC1. The minimum absolute atomic E-state index is 0. The first kappa shape index (κ1) is 20.2. The van der Waals surface area contributed by atoms with Gasteiger partial charge in [-0.3, -0.25) is 4.79 Å². The zero-order chi connectivity index (χ0) is 17.2. The molecule has 1 aliphatic heterocycles. The Kier molecular flexibility index (Phi) is 6.85. The van der Waals surface area contributed by atoms with E-state index in [0.717, 1.165) is 32.1 Å². The van der Waals surface area contributed by atoms with Gasteiger partial charge < -0.3 is 11.1 Å². The standard InChI is InChI=1S/C17H25N3O3S.ClH/c18-12-16(13-7-8-13)19-17(21)14-5-4-6-15(11-14)24(22,23)20-9-2-1-3-10-20;/h4-6,11,13,16H,1-3,7-10,12,18H2,(H,19,21);1H.